The minimum atomic E-state index is -3.59. The first-order valence-electron chi connectivity index (χ1n) is 6.50. The van der Waals surface area contributed by atoms with Crippen LogP contribution in [0.4, 0.5) is 0 Å². The standard InChI is InChI=1S/C13H19N3O3S2/c1-7-5-12(20-11(7)6-14)21(17,18)16-9(3)13-8(2)15-19-10(13)4/h5,9,16H,6,14H2,1-4H3. The quantitative estimate of drug-likeness (QED) is 0.876. The fourth-order valence-corrected chi connectivity index (χ4v) is 4.98. The third kappa shape index (κ3) is 3.18. The van der Waals surface area contributed by atoms with Gasteiger partial charge in [0.1, 0.15) is 9.97 Å². The molecule has 0 aromatic carbocycles. The second kappa shape index (κ2) is 5.88. The topological polar surface area (TPSA) is 98.2 Å². The van der Waals surface area contributed by atoms with Crippen molar-refractivity contribution >= 4 is 21.4 Å². The molecule has 3 N–H and O–H groups in total. The number of aryl methyl sites for hydroxylation is 3. The van der Waals surface area contributed by atoms with Crippen LogP contribution in [0.5, 0.6) is 0 Å². The van der Waals surface area contributed by atoms with Gasteiger partial charge in [0, 0.05) is 23.0 Å². The maximum atomic E-state index is 12.4. The average Bonchev–Trinajstić information content (AvgIpc) is 2.92. The highest BCUT2D eigenvalue weighted by atomic mass is 32.2. The van der Waals surface area contributed by atoms with Crippen LogP contribution < -0.4 is 10.5 Å². The molecule has 116 valence electrons. The Morgan fingerprint density at radius 1 is 1.43 bits per heavy atom. The van der Waals surface area contributed by atoms with E-state index in [1.807, 2.05) is 6.92 Å². The van der Waals surface area contributed by atoms with Crippen LogP contribution in [0.15, 0.2) is 14.8 Å². The van der Waals surface area contributed by atoms with Crippen molar-refractivity contribution in [3.8, 4) is 0 Å². The number of thiophene rings is 1. The molecular formula is C13H19N3O3S2. The predicted molar refractivity (Wildman–Crippen MR) is 81.7 cm³/mol. The number of aromatic nitrogens is 1. The lowest BCUT2D eigenvalue weighted by Crippen LogP contribution is -2.26. The first-order chi connectivity index (χ1) is 9.76. The Hall–Kier alpha value is -1.22. The van der Waals surface area contributed by atoms with Gasteiger partial charge in [-0.05, 0) is 39.3 Å². The maximum absolute atomic E-state index is 12.4. The van der Waals surface area contributed by atoms with Crippen molar-refractivity contribution in [2.75, 3.05) is 0 Å². The summed E-state index contributed by atoms with van der Waals surface area (Å²) in [6, 6.07) is 1.24. The molecule has 8 heteroatoms. The number of hydrogen-bond acceptors (Lipinski definition) is 6. The Labute approximate surface area is 128 Å². The van der Waals surface area contributed by atoms with Gasteiger partial charge in [0.15, 0.2) is 0 Å². The molecule has 0 saturated heterocycles. The van der Waals surface area contributed by atoms with Crippen molar-refractivity contribution in [2.45, 2.75) is 44.5 Å². The Balaban J connectivity index is 2.28. The van der Waals surface area contributed by atoms with Crippen LogP contribution >= 0.6 is 11.3 Å². The van der Waals surface area contributed by atoms with Crippen molar-refractivity contribution in [1.82, 2.24) is 9.88 Å². The highest BCUT2D eigenvalue weighted by Crippen LogP contribution is 2.28. The number of sulfonamides is 1. The summed E-state index contributed by atoms with van der Waals surface area (Å²) in [5.41, 5.74) is 7.95. The van der Waals surface area contributed by atoms with Crippen molar-refractivity contribution < 1.29 is 12.9 Å². The molecule has 1 unspecified atom stereocenters. The lowest BCUT2D eigenvalue weighted by Gasteiger charge is -2.13. The molecule has 0 radical (unpaired) electrons. The summed E-state index contributed by atoms with van der Waals surface area (Å²) in [5, 5.41) is 3.85. The van der Waals surface area contributed by atoms with Gasteiger partial charge in [-0.15, -0.1) is 11.3 Å². The molecule has 0 saturated carbocycles. The minimum Gasteiger partial charge on any atom is -0.361 e. The van der Waals surface area contributed by atoms with E-state index in [2.05, 4.69) is 9.88 Å². The Morgan fingerprint density at radius 3 is 2.57 bits per heavy atom. The van der Waals surface area contributed by atoms with E-state index in [1.54, 1.807) is 26.8 Å². The van der Waals surface area contributed by atoms with Gasteiger partial charge in [-0.25, -0.2) is 13.1 Å². The third-order valence-corrected chi connectivity index (χ3v) is 6.58. The molecule has 2 rings (SSSR count). The van der Waals surface area contributed by atoms with E-state index in [-0.39, 0.29) is 4.21 Å². The summed E-state index contributed by atoms with van der Waals surface area (Å²) in [5.74, 6) is 0.618. The zero-order valence-corrected chi connectivity index (χ0v) is 14.1. The molecule has 0 bridgehead atoms. The Kier molecular flexibility index (Phi) is 4.52. The minimum absolute atomic E-state index is 0.277. The molecule has 0 amide bonds. The number of nitrogens with zero attached hydrogens (tertiary/aromatic N) is 1. The molecule has 2 aromatic rings. The van der Waals surface area contributed by atoms with E-state index in [1.165, 1.54) is 11.3 Å². The second-order valence-electron chi connectivity index (χ2n) is 4.96. The van der Waals surface area contributed by atoms with Gasteiger partial charge in [-0.2, -0.15) is 0 Å². The van der Waals surface area contributed by atoms with E-state index in [9.17, 15) is 8.42 Å². The zero-order chi connectivity index (χ0) is 15.8. The first-order valence-corrected chi connectivity index (χ1v) is 8.80. The highest BCUT2D eigenvalue weighted by molar-refractivity contribution is 7.91. The summed E-state index contributed by atoms with van der Waals surface area (Å²) in [6.07, 6.45) is 0. The van der Waals surface area contributed by atoms with Crippen molar-refractivity contribution in [2.24, 2.45) is 5.73 Å². The van der Waals surface area contributed by atoms with E-state index in [0.717, 1.165) is 16.0 Å². The monoisotopic (exact) mass is 329 g/mol. The molecule has 0 aliphatic rings. The number of rotatable bonds is 5. The second-order valence-corrected chi connectivity index (χ2v) is 8.03. The molecule has 0 aliphatic carbocycles. The van der Waals surface area contributed by atoms with Crippen LogP contribution in [0.3, 0.4) is 0 Å². The van der Waals surface area contributed by atoms with Crippen LogP contribution in [-0.2, 0) is 16.6 Å². The maximum Gasteiger partial charge on any atom is 0.250 e. The van der Waals surface area contributed by atoms with Gasteiger partial charge in [-0.3, -0.25) is 0 Å². The van der Waals surface area contributed by atoms with Crippen LogP contribution in [-0.4, -0.2) is 13.6 Å². The molecule has 1 atom stereocenters. The molecule has 2 heterocycles. The number of nitrogens with one attached hydrogen (secondary N) is 1. The fourth-order valence-electron chi connectivity index (χ4n) is 2.28. The molecule has 0 spiro atoms. The summed E-state index contributed by atoms with van der Waals surface area (Å²) >= 11 is 1.20. The average molecular weight is 329 g/mol. The molecule has 21 heavy (non-hydrogen) atoms. The smallest absolute Gasteiger partial charge is 0.250 e. The lowest BCUT2D eigenvalue weighted by molar-refractivity contribution is 0.391. The predicted octanol–water partition coefficient (Wildman–Crippen LogP) is 2.16. The summed E-state index contributed by atoms with van der Waals surface area (Å²) < 4.78 is 32.9. The molecule has 0 fully saturated rings. The van der Waals surface area contributed by atoms with Crippen LogP contribution in [0.1, 0.15) is 40.4 Å². The summed E-state index contributed by atoms with van der Waals surface area (Å²) in [6.45, 7) is 7.52. The van der Waals surface area contributed by atoms with Crippen molar-refractivity contribution in [1.29, 1.82) is 0 Å². The number of hydrogen-bond donors (Lipinski definition) is 2. The van der Waals surface area contributed by atoms with Crippen LogP contribution in [0, 0.1) is 20.8 Å². The lowest BCUT2D eigenvalue weighted by atomic mass is 10.1. The van der Waals surface area contributed by atoms with Gasteiger partial charge >= 0.3 is 0 Å². The molecule has 0 aliphatic heterocycles. The molecular weight excluding hydrogens is 310 g/mol. The van der Waals surface area contributed by atoms with Gasteiger partial charge < -0.3 is 10.3 Å². The Bertz CT molecular complexity index is 727. The molecule has 2 aromatic heterocycles. The van der Waals surface area contributed by atoms with Gasteiger partial charge in [0.05, 0.1) is 5.69 Å². The van der Waals surface area contributed by atoms with E-state index < -0.39 is 16.1 Å². The Morgan fingerprint density at radius 2 is 2.10 bits per heavy atom. The van der Waals surface area contributed by atoms with Crippen molar-refractivity contribution in [3.05, 3.63) is 33.5 Å². The van der Waals surface area contributed by atoms with Gasteiger partial charge in [-0.1, -0.05) is 5.16 Å². The van der Waals surface area contributed by atoms with E-state index in [0.29, 0.717) is 18.0 Å². The van der Waals surface area contributed by atoms with Crippen LogP contribution in [0.2, 0.25) is 0 Å². The van der Waals surface area contributed by atoms with Crippen LogP contribution in [0.25, 0.3) is 0 Å². The first kappa shape index (κ1) is 16.2. The fraction of sp³-hybridized carbons (Fsp3) is 0.462. The van der Waals surface area contributed by atoms with E-state index >= 15 is 0 Å². The third-order valence-electron chi connectivity index (χ3n) is 3.30. The highest BCUT2D eigenvalue weighted by Gasteiger charge is 2.24. The van der Waals surface area contributed by atoms with Gasteiger partial charge in [0.2, 0.25) is 0 Å². The number of nitrogens with two attached hydrogens (primary N) is 1. The SMILES string of the molecule is Cc1cc(S(=O)(=O)NC(C)c2c(C)noc2C)sc1CN. The van der Waals surface area contributed by atoms with E-state index in [4.69, 9.17) is 10.3 Å². The molecule has 6 nitrogen and oxygen atoms in total. The van der Waals surface area contributed by atoms with Crippen molar-refractivity contribution in [3.63, 3.8) is 0 Å². The summed E-state index contributed by atoms with van der Waals surface area (Å²) in [4.78, 5) is 0.875. The largest absolute Gasteiger partial charge is 0.361 e. The zero-order valence-electron chi connectivity index (χ0n) is 12.4. The summed E-state index contributed by atoms with van der Waals surface area (Å²) in [7, 11) is -3.59. The van der Waals surface area contributed by atoms with Gasteiger partial charge in [0.25, 0.3) is 10.0 Å². The normalized spacial score (nSPS) is 13.6.